The zero-order valence-corrected chi connectivity index (χ0v) is 17.5. The van der Waals surface area contributed by atoms with Crippen molar-refractivity contribution in [1.82, 2.24) is 0 Å². The molecule has 3 aromatic rings. The van der Waals surface area contributed by atoms with Crippen LogP contribution in [0.15, 0.2) is 42.5 Å². The van der Waals surface area contributed by atoms with Crippen LogP contribution in [0.2, 0.25) is 35.2 Å². The number of hydrogen-bond acceptors (Lipinski definition) is 0. The van der Waals surface area contributed by atoms with Gasteiger partial charge in [0.25, 0.3) is 0 Å². The second-order valence-electron chi connectivity index (χ2n) is 5.09. The molecular weight excluding hydrogens is 464 g/mol. The predicted octanol–water partition coefficient (Wildman–Crippen LogP) is 9.59. The summed E-state index contributed by atoms with van der Waals surface area (Å²) in [6.07, 6.45) is 0. The van der Waals surface area contributed by atoms with Crippen LogP contribution in [0.3, 0.4) is 0 Å². The molecule has 0 unspecified atom stereocenters. The Morgan fingerprint density at radius 1 is 0.440 bits per heavy atom. The van der Waals surface area contributed by atoms with Gasteiger partial charge in [0.1, 0.15) is 0 Å². The smallest absolute Gasteiger partial charge is 0.0800 e. The molecule has 7 heteroatoms. The van der Waals surface area contributed by atoms with Crippen LogP contribution < -0.4 is 0 Å². The van der Waals surface area contributed by atoms with Crippen molar-refractivity contribution < 1.29 is 0 Å². The van der Waals surface area contributed by atoms with Gasteiger partial charge in [0.2, 0.25) is 0 Å². The summed E-state index contributed by atoms with van der Waals surface area (Å²) < 4.78 is 0. The first-order chi connectivity index (χ1) is 11.8. The minimum absolute atomic E-state index is 0.144. The summed E-state index contributed by atoms with van der Waals surface area (Å²) in [4.78, 5) is 0. The number of rotatable bonds is 2. The van der Waals surface area contributed by atoms with E-state index in [-0.39, 0.29) is 30.1 Å². The van der Waals surface area contributed by atoms with E-state index in [1.165, 1.54) is 0 Å². The lowest BCUT2D eigenvalue weighted by atomic mass is 9.94. The first-order valence-corrected chi connectivity index (χ1v) is 9.54. The lowest BCUT2D eigenvalue weighted by Gasteiger charge is -2.19. The van der Waals surface area contributed by atoms with Crippen LogP contribution >= 0.6 is 81.2 Å². The zero-order valence-electron chi connectivity index (χ0n) is 12.2. The standard InChI is InChI=1S/C18H7Cl7/c19-10-7-6-9(13(20)14(10)21)12-11(8-4-2-1-3-5-8)15(22)17(24)18(25)16(12)23/h1-7H. The molecule has 0 aliphatic heterocycles. The number of benzene rings is 3. The van der Waals surface area contributed by atoms with Crippen molar-refractivity contribution >= 4 is 81.2 Å². The SMILES string of the molecule is Clc1ccc(-c2c(Cl)c(Cl)c(Cl)c(Cl)c2-c2ccccc2)c(Cl)c1Cl. The van der Waals surface area contributed by atoms with Crippen LogP contribution in [0.4, 0.5) is 0 Å². The molecule has 25 heavy (non-hydrogen) atoms. The normalized spacial score (nSPS) is 11.0. The highest BCUT2D eigenvalue weighted by atomic mass is 35.5. The van der Waals surface area contributed by atoms with Gasteiger partial charge in [0.05, 0.1) is 35.2 Å². The maximum atomic E-state index is 6.51. The maximum absolute atomic E-state index is 6.51. The summed E-state index contributed by atoms with van der Waals surface area (Å²) in [5.74, 6) is 0. The lowest BCUT2D eigenvalue weighted by Crippen LogP contribution is -1.93. The number of hydrogen-bond donors (Lipinski definition) is 0. The monoisotopic (exact) mass is 468 g/mol. The van der Waals surface area contributed by atoms with E-state index in [9.17, 15) is 0 Å². The predicted molar refractivity (Wildman–Crippen MR) is 112 cm³/mol. The highest BCUT2D eigenvalue weighted by Crippen LogP contribution is 2.52. The largest absolute Gasteiger partial charge is 0.0827 e. The molecule has 0 aromatic heterocycles. The Labute approximate surface area is 180 Å². The molecule has 0 radical (unpaired) electrons. The summed E-state index contributed by atoms with van der Waals surface area (Å²) in [6.45, 7) is 0. The Morgan fingerprint density at radius 2 is 1.00 bits per heavy atom. The van der Waals surface area contributed by atoms with Crippen molar-refractivity contribution in [2.45, 2.75) is 0 Å². The van der Waals surface area contributed by atoms with Crippen molar-refractivity contribution in [2.75, 3.05) is 0 Å². The van der Waals surface area contributed by atoms with Gasteiger partial charge >= 0.3 is 0 Å². The van der Waals surface area contributed by atoms with Crippen LogP contribution in [0.1, 0.15) is 0 Å². The highest BCUT2D eigenvalue weighted by Gasteiger charge is 2.24. The minimum Gasteiger partial charge on any atom is -0.0827 e. The van der Waals surface area contributed by atoms with Gasteiger partial charge in [-0.3, -0.25) is 0 Å². The summed E-state index contributed by atoms with van der Waals surface area (Å²) in [6, 6.07) is 12.8. The van der Waals surface area contributed by atoms with E-state index >= 15 is 0 Å². The Bertz CT molecular complexity index is 965. The van der Waals surface area contributed by atoms with Gasteiger partial charge in [0, 0.05) is 16.7 Å². The van der Waals surface area contributed by atoms with E-state index in [1.807, 2.05) is 30.3 Å². The fraction of sp³-hybridized carbons (Fsp3) is 0. The van der Waals surface area contributed by atoms with E-state index < -0.39 is 0 Å². The van der Waals surface area contributed by atoms with E-state index in [2.05, 4.69) is 0 Å². The lowest BCUT2D eigenvalue weighted by molar-refractivity contribution is 1.57. The summed E-state index contributed by atoms with van der Waals surface area (Å²) >= 11 is 44.2. The summed E-state index contributed by atoms with van der Waals surface area (Å²) in [5.41, 5.74) is 2.52. The average molecular weight is 471 g/mol. The van der Waals surface area contributed by atoms with Crippen LogP contribution in [-0.2, 0) is 0 Å². The van der Waals surface area contributed by atoms with Gasteiger partial charge in [-0.2, -0.15) is 0 Å². The van der Waals surface area contributed by atoms with Gasteiger partial charge < -0.3 is 0 Å². The molecule has 0 nitrogen and oxygen atoms in total. The van der Waals surface area contributed by atoms with E-state index in [0.29, 0.717) is 21.7 Å². The quantitative estimate of drug-likeness (QED) is 0.258. The summed E-state index contributed by atoms with van der Waals surface area (Å²) in [5, 5.41) is 1.63. The van der Waals surface area contributed by atoms with Crippen molar-refractivity contribution in [1.29, 1.82) is 0 Å². The second kappa shape index (κ2) is 7.74. The molecule has 0 aliphatic carbocycles. The van der Waals surface area contributed by atoms with Crippen molar-refractivity contribution in [3.05, 3.63) is 77.6 Å². The van der Waals surface area contributed by atoms with E-state index in [1.54, 1.807) is 12.1 Å². The molecule has 0 fully saturated rings. The maximum Gasteiger partial charge on any atom is 0.0800 e. The molecule has 0 saturated carbocycles. The minimum atomic E-state index is 0.144. The van der Waals surface area contributed by atoms with Gasteiger partial charge in [0.15, 0.2) is 0 Å². The molecule has 0 bridgehead atoms. The molecule has 0 aliphatic rings. The van der Waals surface area contributed by atoms with Gasteiger partial charge in [-0.05, 0) is 11.6 Å². The van der Waals surface area contributed by atoms with Crippen LogP contribution in [0.25, 0.3) is 22.3 Å². The van der Waals surface area contributed by atoms with E-state index in [0.717, 1.165) is 5.56 Å². The molecule has 0 spiro atoms. The molecule has 0 amide bonds. The van der Waals surface area contributed by atoms with Crippen molar-refractivity contribution in [3.63, 3.8) is 0 Å². The third-order valence-electron chi connectivity index (χ3n) is 3.63. The van der Waals surface area contributed by atoms with Crippen LogP contribution in [-0.4, -0.2) is 0 Å². The van der Waals surface area contributed by atoms with Crippen molar-refractivity contribution in [2.24, 2.45) is 0 Å². The first kappa shape index (κ1) is 19.5. The Hall–Kier alpha value is -0.310. The zero-order chi connectivity index (χ0) is 18.3. The molecule has 3 aromatic carbocycles. The third-order valence-corrected chi connectivity index (χ3v) is 6.73. The molecule has 3 rings (SSSR count). The Kier molecular flexibility index (Phi) is 6.02. The summed E-state index contributed by atoms with van der Waals surface area (Å²) in [7, 11) is 0. The van der Waals surface area contributed by atoms with Gasteiger partial charge in [-0.25, -0.2) is 0 Å². The Morgan fingerprint density at radius 3 is 1.60 bits per heavy atom. The van der Waals surface area contributed by atoms with Gasteiger partial charge in [-0.1, -0.05) is 118 Å². The fourth-order valence-corrected chi connectivity index (χ4v) is 4.17. The molecular formula is C18H7Cl7. The van der Waals surface area contributed by atoms with Crippen molar-refractivity contribution in [3.8, 4) is 22.3 Å². The fourth-order valence-electron chi connectivity index (χ4n) is 2.48. The molecule has 0 saturated heterocycles. The van der Waals surface area contributed by atoms with E-state index in [4.69, 9.17) is 81.2 Å². The third kappa shape index (κ3) is 3.47. The van der Waals surface area contributed by atoms with Gasteiger partial charge in [-0.15, -0.1) is 0 Å². The van der Waals surface area contributed by atoms with Crippen LogP contribution in [0.5, 0.6) is 0 Å². The molecule has 0 atom stereocenters. The molecule has 0 N–H and O–H groups in total. The Balaban J connectivity index is 2.47. The second-order valence-corrected chi connectivity index (χ2v) is 7.77. The number of halogens is 7. The molecule has 128 valence electrons. The highest BCUT2D eigenvalue weighted by molar-refractivity contribution is 6.55. The topological polar surface area (TPSA) is 0 Å². The average Bonchev–Trinajstić information content (AvgIpc) is 2.62. The molecule has 0 heterocycles. The first-order valence-electron chi connectivity index (χ1n) is 6.89. The van der Waals surface area contributed by atoms with Crippen LogP contribution in [0, 0.1) is 0 Å².